The quantitative estimate of drug-likeness (QED) is 0.754. The summed E-state index contributed by atoms with van der Waals surface area (Å²) in [6.45, 7) is 3.34. The van der Waals surface area contributed by atoms with Crippen molar-refractivity contribution in [1.82, 2.24) is 20.4 Å². The maximum Gasteiger partial charge on any atom is 0.255 e. The Morgan fingerprint density at radius 3 is 2.81 bits per heavy atom. The van der Waals surface area contributed by atoms with E-state index < -0.39 is 6.04 Å². The van der Waals surface area contributed by atoms with E-state index in [0.29, 0.717) is 30.6 Å². The fraction of sp³-hybridized carbons (Fsp3) is 0.550. The lowest BCUT2D eigenvalue weighted by molar-refractivity contribution is -0.136. The van der Waals surface area contributed by atoms with E-state index in [1.807, 2.05) is 12.1 Å². The predicted molar refractivity (Wildman–Crippen MR) is 97.7 cm³/mol. The SMILES string of the molecule is O=C1CCC(N2Cc3c(CN4CCNC5CC4C5)cccc3C2=O)C(=O)N1. The Bertz CT molecular complexity index is 817. The first-order chi connectivity index (χ1) is 13.1. The first kappa shape index (κ1) is 16.9. The summed E-state index contributed by atoms with van der Waals surface area (Å²) in [6.07, 6.45) is 3.10. The molecule has 7 nitrogen and oxygen atoms in total. The Hall–Kier alpha value is -2.25. The highest BCUT2D eigenvalue weighted by Crippen LogP contribution is 2.33. The number of fused-ring (bicyclic) bond motifs is 4. The van der Waals surface area contributed by atoms with Crippen molar-refractivity contribution in [3.05, 3.63) is 34.9 Å². The molecule has 142 valence electrons. The zero-order chi connectivity index (χ0) is 18.5. The highest BCUT2D eigenvalue weighted by atomic mass is 16.2. The Labute approximate surface area is 158 Å². The molecule has 1 unspecified atom stereocenters. The third kappa shape index (κ3) is 2.85. The minimum absolute atomic E-state index is 0.0948. The van der Waals surface area contributed by atoms with Crippen LogP contribution in [0.4, 0.5) is 0 Å². The minimum Gasteiger partial charge on any atom is -0.322 e. The van der Waals surface area contributed by atoms with Crippen molar-refractivity contribution in [2.24, 2.45) is 0 Å². The van der Waals surface area contributed by atoms with Gasteiger partial charge < -0.3 is 10.2 Å². The van der Waals surface area contributed by atoms with Crippen LogP contribution < -0.4 is 10.6 Å². The number of benzene rings is 1. The lowest BCUT2D eigenvalue weighted by Crippen LogP contribution is -2.52. The van der Waals surface area contributed by atoms with Crippen LogP contribution in [0, 0.1) is 0 Å². The molecule has 1 aromatic rings. The molecule has 0 radical (unpaired) electrons. The molecule has 3 amide bonds. The molecule has 1 aliphatic carbocycles. The van der Waals surface area contributed by atoms with Gasteiger partial charge in [0, 0.05) is 50.2 Å². The van der Waals surface area contributed by atoms with Crippen LogP contribution >= 0.6 is 0 Å². The minimum atomic E-state index is -0.551. The number of hydrogen-bond donors (Lipinski definition) is 2. The van der Waals surface area contributed by atoms with Crippen molar-refractivity contribution in [2.45, 2.75) is 56.9 Å². The molecule has 4 aliphatic heterocycles. The predicted octanol–water partition coefficient (Wildman–Crippen LogP) is 0.384. The van der Waals surface area contributed by atoms with Crippen LogP contribution in [-0.4, -0.2) is 58.7 Å². The van der Waals surface area contributed by atoms with Crippen LogP contribution in [0.2, 0.25) is 0 Å². The second-order valence-corrected chi connectivity index (χ2v) is 8.09. The standard InChI is InChI=1S/C20H24N4O3/c25-18-5-4-17(19(26)22-18)24-11-16-12(2-1-3-15(16)20(24)27)10-23-7-6-21-13-8-14(23)9-13/h1-3,13-14,17,21H,4-11H2,(H,22,25,26). The van der Waals surface area contributed by atoms with Gasteiger partial charge in [0.05, 0.1) is 0 Å². The average molecular weight is 368 g/mol. The summed E-state index contributed by atoms with van der Waals surface area (Å²) in [6, 6.07) is 6.66. The number of nitrogens with one attached hydrogen (secondary N) is 2. The van der Waals surface area contributed by atoms with Crippen molar-refractivity contribution in [3.63, 3.8) is 0 Å². The first-order valence-corrected chi connectivity index (χ1v) is 9.83. The molecule has 0 spiro atoms. The van der Waals surface area contributed by atoms with E-state index in [2.05, 4.69) is 21.6 Å². The zero-order valence-corrected chi connectivity index (χ0v) is 15.2. The van der Waals surface area contributed by atoms with Crippen molar-refractivity contribution in [1.29, 1.82) is 0 Å². The molecule has 1 atom stereocenters. The van der Waals surface area contributed by atoms with E-state index in [9.17, 15) is 14.4 Å². The molecule has 1 saturated carbocycles. The number of carbonyl (C=O) groups is 3. The molecular formula is C20H24N4O3. The summed E-state index contributed by atoms with van der Waals surface area (Å²) in [4.78, 5) is 40.8. The van der Waals surface area contributed by atoms with Gasteiger partial charge >= 0.3 is 0 Å². The maximum absolute atomic E-state index is 12.9. The number of amides is 3. The number of carbonyl (C=O) groups excluding carboxylic acids is 3. The molecule has 27 heavy (non-hydrogen) atoms. The molecule has 2 bridgehead atoms. The van der Waals surface area contributed by atoms with Crippen LogP contribution in [-0.2, 0) is 22.7 Å². The summed E-state index contributed by atoms with van der Waals surface area (Å²) in [7, 11) is 0. The van der Waals surface area contributed by atoms with Crippen LogP contribution in [0.25, 0.3) is 0 Å². The summed E-state index contributed by atoms with van der Waals surface area (Å²) >= 11 is 0. The van der Waals surface area contributed by atoms with Gasteiger partial charge in [0.15, 0.2) is 0 Å². The van der Waals surface area contributed by atoms with Gasteiger partial charge in [0.25, 0.3) is 5.91 Å². The highest BCUT2D eigenvalue weighted by Gasteiger charge is 2.41. The fourth-order valence-electron chi connectivity index (χ4n) is 4.87. The van der Waals surface area contributed by atoms with Gasteiger partial charge in [-0.2, -0.15) is 0 Å². The molecule has 7 heteroatoms. The summed E-state index contributed by atoms with van der Waals surface area (Å²) in [5.74, 6) is -0.703. The van der Waals surface area contributed by atoms with Crippen LogP contribution in [0.15, 0.2) is 18.2 Å². The molecule has 0 aromatic heterocycles. The normalized spacial score (nSPS) is 30.6. The fourth-order valence-corrected chi connectivity index (χ4v) is 4.87. The van der Waals surface area contributed by atoms with Gasteiger partial charge in [-0.05, 0) is 36.5 Å². The molecule has 4 fully saturated rings. The topological polar surface area (TPSA) is 81.8 Å². The molecule has 1 aromatic carbocycles. The Morgan fingerprint density at radius 2 is 2.00 bits per heavy atom. The molecule has 2 N–H and O–H groups in total. The van der Waals surface area contributed by atoms with Crippen molar-refractivity contribution < 1.29 is 14.4 Å². The van der Waals surface area contributed by atoms with E-state index in [4.69, 9.17) is 0 Å². The molecule has 6 rings (SSSR count). The summed E-state index contributed by atoms with van der Waals surface area (Å²) in [5.41, 5.74) is 2.93. The van der Waals surface area contributed by atoms with Crippen molar-refractivity contribution in [2.75, 3.05) is 13.1 Å². The van der Waals surface area contributed by atoms with E-state index in [0.717, 1.165) is 25.2 Å². The summed E-state index contributed by atoms with van der Waals surface area (Å²) in [5, 5.41) is 5.93. The average Bonchev–Trinajstić information content (AvgIpc) is 2.75. The second-order valence-electron chi connectivity index (χ2n) is 8.09. The van der Waals surface area contributed by atoms with Crippen LogP contribution in [0.5, 0.6) is 0 Å². The van der Waals surface area contributed by atoms with Gasteiger partial charge in [-0.3, -0.25) is 24.6 Å². The third-order valence-electron chi connectivity index (χ3n) is 6.51. The van der Waals surface area contributed by atoms with Crippen molar-refractivity contribution >= 4 is 17.7 Å². The Kier molecular flexibility index (Phi) is 4.02. The van der Waals surface area contributed by atoms with Gasteiger partial charge in [0.2, 0.25) is 11.8 Å². The number of nitrogens with zero attached hydrogens (tertiary/aromatic N) is 2. The molecule has 3 saturated heterocycles. The molecule has 4 heterocycles. The van der Waals surface area contributed by atoms with E-state index in [-0.39, 0.29) is 24.1 Å². The van der Waals surface area contributed by atoms with Gasteiger partial charge in [0.1, 0.15) is 6.04 Å². The van der Waals surface area contributed by atoms with E-state index >= 15 is 0 Å². The Balaban J connectivity index is 1.37. The highest BCUT2D eigenvalue weighted by molar-refractivity contribution is 6.05. The van der Waals surface area contributed by atoms with Gasteiger partial charge in [-0.25, -0.2) is 0 Å². The van der Waals surface area contributed by atoms with Crippen LogP contribution in [0.1, 0.15) is 47.2 Å². The van der Waals surface area contributed by atoms with Crippen molar-refractivity contribution in [3.8, 4) is 0 Å². The number of piperidine rings is 1. The lowest BCUT2D eigenvalue weighted by atomic mass is 9.86. The number of rotatable bonds is 3. The van der Waals surface area contributed by atoms with Gasteiger partial charge in [-0.15, -0.1) is 0 Å². The lowest BCUT2D eigenvalue weighted by Gasteiger charge is -2.39. The molecular weight excluding hydrogens is 344 g/mol. The monoisotopic (exact) mass is 368 g/mol. The van der Waals surface area contributed by atoms with E-state index in [1.54, 1.807) is 4.90 Å². The van der Waals surface area contributed by atoms with Gasteiger partial charge in [-0.1, -0.05) is 12.1 Å². The van der Waals surface area contributed by atoms with Crippen LogP contribution in [0.3, 0.4) is 0 Å². The third-order valence-corrected chi connectivity index (χ3v) is 6.51. The number of imide groups is 1. The largest absolute Gasteiger partial charge is 0.322 e. The number of hydrogen-bond acceptors (Lipinski definition) is 5. The second kappa shape index (κ2) is 6.42. The smallest absolute Gasteiger partial charge is 0.255 e. The first-order valence-electron chi connectivity index (χ1n) is 9.83. The zero-order valence-electron chi connectivity index (χ0n) is 15.2. The van der Waals surface area contributed by atoms with E-state index in [1.165, 1.54) is 18.4 Å². The Morgan fingerprint density at radius 1 is 1.15 bits per heavy atom. The summed E-state index contributed by atoms with van der Waals surface area (Å²) < 4.78 is 0. The maximum atomic E-state index is 12.9. The molecule has 5 aliphatic rings.